The molecule has 1 heterocycles. The fourth-order valence-electron chi connectivity index (χ4n) is 2.37. The lowest BCUT2D eigenvalue weighted by atomic mass is 10.1. The van der Waals surface area contributed by atoms with Crippen LogP contribution in [0.1, 0.15) is 22.3 Å². The molecule has 0 aliphatic carbocycles. The van der Waals surface area contributed by atoms with Crippen LogP contribution < -0.4 is 10.6 Å². The number of carbonyl (C=O) groups excluding carboxylic acids is 1. The van der Waals surface area contributed by atoms with Gasteiger partial charge < -0.3 is 10.6 Å². The fraction of sp³-hybridized carbons (Fsp3) is 0.176. The average Bonchev–Trinajstić information content (AvgIpc) is 2.58. The first-order chi connectivity index (χ1) is 11.1. The number of rotatable bonds is 3. The number of amidine groups is 1. The van der Waals surface area contributed by atoms with E-state index in [9.17, 15) is 4.79 Å². The quantitative estimate of drug-likeness (QED) is 0.881. The minimum atomic E-state index is -0.304. The zero-order chi connectivity index (χ0) is 16.2. The molecule has 23 heavy (non-hydrogen) atoms. The van der Waals surface area contributed by atoms with Crippen LogP contribution >= 0.6 is 23.2 Å². The highest BCUT2D eigenvalue weighted by molar-refractivity contribution is 6.36. The minimum absolute atomic E-state index is 0.304. The highest BCUT2D eigenvalue weighted by Crippen LogP contribution is 2.23. The van der Waals surface area contributed by atoms with Gasteiger partial charge in [-0.05, 0) is 36.8 Å². The average molecular weight is 348 g/mol. The van der Waals surface area contributed by atoms with Crippen molar-refractivity contribution in [3.63, 3.8) is 0 Å². The molecule has 0 aromatic heterocycles. The molecule has 3 rings (SSSR count). The van der Waals surface area contributed by atoms with E-state index in [1.165, 1.54) is 0 Å². The van der Waals surface area contributed by atoms with E-state index in [2.05, 4.69) is 15.6 Å². The number of para-hydroxylation sites is 1. The second-order valence-electron chi connectivity index (χ2n) is 5.13. The van der Waals surface area contributed by atoms with Crippen molar-refractivity contribution in [2.45, 2.75) is 6.42 Å². The van der Waals surface area contributed by atoms with Crippen molar-refractivity contribution in [3.8, 4) is 0 Å². The number of nitrogens with one attached hydrogen (secondary N) is 2. The molecular formula is C17H15Cl2N3O. The highest BCUT2D eigenvalue weighted by Gasteiger charge is 2.16. The van der Waals surface area contributed by atoms with E-state index in [0.717, 1.165) is 30.9 Å². The van der Waals surface area contributed by atoms with Gasteiger partial charge in [-0.25, -0.2) is 0 Å². The Morgan fingerprint density at radius 3 is 2.78 bits per heavy atom. The lowest BCUT2D eigenvalue weighted by molar-refractivity contribution is 0.102. The summed E-state index contributed by atoms with van der Waals surface area (Å²) in [6, 6.07) is 12.3. The second kappa shape index (κ2) is 7.02. The summed E-state index contributed by atoms with van der Waals surface area (Å²) < 4.78 is 0. The van der Waals surface area contributed by atoms with Gasteiger partial charge in [0.1, 0.15) is 5.84 Å². The van der Waals surface area contributed by atoms with Crippen molar-refractivity contribution < 1.29 is 4.79 Å². The first-order valence-corrected chi connectivity index (χ1v) is 8.05. The predicted molar refractivity (Wildman–Crippen MR) is 94.9 cm³/mol. The van der Waals surface area contributed by atoms with Crippen LogP contribution in [0.4, 0.5) is 5.69 Å². The van der Waals surface area contributed by atoms with E-state index in [1.807, 2.05) is 24.3 Å². The first-order valence-electron chi connectivity index (χ1n) is 7.29. The molecular weight excluding hydrogens is 333 g/mol. The van der Waals surface area contributed by atoms with E-state index in [0.29, 0.717) is 21.3 Å². The molecule has 1 aliphatic rings. The molecule has 2 N–H and O–H groups in total. The Hall–Kier alpha value is -2.04. The zero-order valence-corrected chi connectivity index (χ0v) is 13.8. The molecule has 0 saturated carbocycles. The minimum Gasteiger partial charge on any atom is -0.370 e. The maximum atomic E-state index is 12.5. The van der Waals surface area contributed by atoms with Gasteiger partial charge in [0.2, 0.25) is 0 Å². The van der Waals surface area contributed by atoms with Crippen LogP contribution in [0.2, 0.25) is 10.0 Å². The Kier molecular flexibility index (Phi) is 4.84. The Morgan fingerprint density at radius 2 is 2.00 bits per heavy atom. The van der Waals surface area contributed by atoms with Gasteiger partial charge in [0, 0.05) is 23.7 Å². The molecule has 1 amide bonds. The van der Waals surface area contributed by atoms with E-state index in [4.69, 9.17) is 23.2 Å². The van der Waals surface area contributed by atoms with Gasteiger partial charge in [-0.2, -0.15) is 0 Å². The van der Waals surface area contributed by atoms with E-state index >= 15 is 0 Å². The maximum Gasteiger partial charge on any atom is 0.257 e. The SMILES string of the molecule is O=C(Nc1ccccc1C1=NCCCN1)c1cc(Cl)ccc1Cl. The summed E-state index contributed by atoms with van der Waals surface area (Å²) in [6.07, 6.45) is 1.01. The number of aliphatic imine (C=N–C) groups is 1. The van der Waals surface area contributed by atoms with Crippen LogP contribution in [-0.2, 0) is 0 Å². The van der Waals surface area contributed by atoms with Crippen LogP contribution in [0, 0.1) is 0 Å². The number of benzene rings is 2. The van der Waals surface area contributed by atoms with Gasteiger partial charge in [-0.1, -0.05) is 35.3 Å². The van der Waals surface area contributed by atoms with Crippen molar-refractivity contribution in [1.29, 1.82) is 0 Å². The molecule has 0 fully saturated rings. The van der Waals surface area contributed by atoms with Gasteiger partial charge in [0.05, 0.1) is 16.3 Å². The van der Waals surface area contributed by atoms with Crippen LogP contribution in [0.3, 0.4) is 0 Å². The van der Waals surface area contributed by atoms with Crippen molar-refractivity contribution >= 4 is 40.6 Å². The van der Waals surface area contributed by atoms with Crippen molar-refractivity contribution in [2.24, 2.45) is 4.99 Å². The summed E-state index contributed by atoms with van der Waals surface area (Å²) in [5.41, 5.74) is 1.88. The number of carbonyl (C=O) groups is 1. The number of hydrogen-bond donors (Lipinski definition) is 2. The fourth-order valence-corrected chi connectivity index (χ4v) is 2.75. The van der Waals surface area contributed by atoms with Crippen molar-refractivity contribution in [1.82, 2.24) is 5.32 Å². The zero-order valence-electron chi connectivity index (χ0n) is 12.3. The Bertz CT molecular complexity index is 774. The van der Waals surface area contributed by atoms with Crippen LogP contribution in [0.5, 0.6) is 0 Å². The van der Waals surface area contributed by atoms with E-state index < -0.39 is 0 Å². The van der Waals surface area contributed by atoms with Gasteiger partial charge in [-0.3, -0.25) is 9.79 Å². The Morgan fingerprint density at radius 1 is 1.17 bits per heavy atom. The summed E-state index contributed by atoms with van der Waals surface area (Å²) in [4.78, 5) is 17.0. The summed E-state index contributed by atoms with van der Waals surface area (Å²) in [6.45, 7) is 1.66. The molecule has 0 unspecified atom stereocenters. The molecule has 0 bridgehead atoms. The normalized spacial score (nSPS) is 13.9. The van der Waals surface area contributed by atoms with Crippen molar-refractivity contribution in [2.75, 3.05) is 18.4 Å². The van der Waals surface area contributed by atoms with Crippen LogP contribution in [0.25, 0.3) is 0 Å². The maximum absolute atomic E-state index is 12.5. The molecule has 0 atom stereocenters. The Balaban J connectivity index is 1.90. The summed E-state index contributed by atoms with van der Waals surface area (Å²) in [7, 11) is 0. The highest BCUT2D eigenvalue weighted by atomic mass is 35.5. The first kappa shape index (κ1) is 15.8. The number of amides is 1. The smallest absolute Gasteiger partial charge is 0.257 e. The molecule has 118 valence electrons. The monoisotopic (exact) mass is 347 g/mol. The molecule has 6 heteroatoms. The van der Waals surface area contributed by atoms with Crippen LogP contribution in [-0.4, -0.2) is 24.8 Å². The van der Waals surface area contributed by atoms with E-state index in [-0.39, 0.29) is 5.91 Å². The third-order valence-electron chi connectivity index (χ3n) is 3.50. The molecule has 2 aromatic rings. The molecule has 0 radical (unpaired) electrons. The predicted octanol–water partition coefficient (Wildman–Crippen LogP) is 3.99. The van der Waals surface area contributed by atoms with Gasteiger partial charge in [0.25, 0.3) is 5.91 Å². The lowest BCUT2D eigenvalue weighted by Gasteiger charge is -2.18. The lowest BCUT2D eigenvalue weighted by Crippen LogP contribution is -2.31. The number of halogens is 2. The van der Waals surface area contributed by atoms with Crippen molar-refractivity contribution in [3.05, 3.63) is 63.6 Å². The molecule has 0 spiro atoms. The third kappa shape index (κ3) is 3.66. The molecule has 0 saturated heterocycles. The topological polar surface area (TPSA) is 53.5 Å². The van der Waals surface area contributed by atoms with Gasteiger partial charge in [-0.15, -0.1) is 0 Å². The number of nitrogens with zero attached hydrogens (tertiary/aromatic N) is 1. The molecule has 4 nitrogen and oxygen atoms in total. The standard InChI is InChI=1S/C17H15Cl2N3O/c18-11-6-7-14(19)13(10-11)17(23)22-15-5-2-1-4-12(15)16-20-8-3-9-21-16/h1-2,4-7,10H,3,8-9H2,(H,20,21)(H,22,23). The molecule has 2 aromatic carbocycles. The van der Waals surface area contributed by atoms with Gasteiger partial charge in [0.15, 0.2) is 0 Å². The number of anilines is 1. The van der Waals surface area contributed by atoms with Gasteiger partial charge >= 0.3 is 0 Å². The van der Waals surface area contributed by atoms with E-state index in [1.54, 1.807) is 18.2 Å². The number of hydrogen-bond acceptors (Lipinski definition) is 3. The summed E-state index contributed by atoms with van der Waals surface area (Å²) >= 11 is 12.0. The largest absolute Gasteiger partial charge is 0.370 e. The summed E-state index contributed by atoms with van der Waals surface area (Å²) in [5, 5.41) is 6.97. The third-order valence-corrected chi connectivity index (χ3v) is 4.07. The van der Waals surface area contributed by atoms with Crippen LogP contribution in [0.15, 0.2) is 47.5 Å². The molecule has 1 aliphatic heterocycles. The Labute approximate surface area is 144 Å². The summed E-state index contributed by atoms with van der Waals surface area (Å²) in [5.74, 6) is 0.491. The second-order valence-corrected chi connectivity index (χ2v) is 5.98.